The van der Waals surface area contributed by atoms with Crippen molar-refractivity contribution in [1.29, 1.82) is 0 Å². The number of anilines is 1. The first kappa shape index (κ1) is 16.5. The number of unbranched alkanes of at least 4 members (excludes halogenated alkanes) is 1. The first-order chi connectivity index (χ1) is 11.6. The first-order valence-corrected chi connectivity index (χ1v) is 8.72. The Bertz CT molecular complexity index is 895. The molecular weight excluding hydrogens is 298 g/mol. The molecule has 0 fully saturated rings. The third-order valence-corrected chi connectivity index (χ3v) is 4.21. The fourth-order valence-electron chi connectivity index (χ4n) is 2.83. The molecule has 126 valence electrons. The highest BCUT2D eigenvalue weighted by atomic mass is 16.3. The van der Waals surface area contributed by atoms with Crippen LogP contribution in [0.25, 0.3) is 22.6 Å². The summed E-state index contributed by atoms with van der Waals surface area (Å²) in [4.78, 5) is 9.46. The third-order valence-electron chi connectivity index (χ3n) is 4.21. The molecule has 4 heteroatoms. The van der Waals surface area contributed by atoms with Crippen molar-refractivity contribution < 1.29 is 4.42 Å². The van der Waals surface area contributed by atoms with Crippen molar-refractivity contribution in [2.75, 3.05) is 18.4 Å². The standard InChI is InChI=1S/C20H25N3O/c1-5-7-8-22-16-12-20-18(10-14(16)4)23-17-9-13(3)15(21-6-2)11-19(17)24-20/h9-12,21H,5-8H2,1-4H3. The number of nitrogens with zero attached hydrogens (tertiary/aromatic N) is 2. The molecule has 3 rings (SSSR count). The summed E-state index contributed by atoms with van der Waals surface area (Å²) in [5.74, 6) is 0.787. The number of hydrogen-bond acceptors (Lipinski definition) is 4. The molecule has 0 saturated heterocycles. The van der Waals surface area contributed by atoms with Crippen molar-refractivity contribution in [3.8, 4) is 11.5 Å². The molecule has 0 radical (unpaired) electrons. The van der Waals surface area contributed by atoms with Crippen LogP contribution in [0, 0.1) is 13.8 Å². The molecule has 0 atom stereocenters. The number of benzene rings is 2. The van der Waals surface area contributed by atoms with Crippen LogP contribution in [0.3, 0.4) is 0 Å². The van der Waals surface area contributed by atoms with E-state index in [4.69, 9.17) is 9.40 Å². The van der Waals surface area contributed by atoms with Crippen LogP contribution in [0.2, 0.25) is 0 Å². The monoisotopic (exact) mass is 323 g/mol. The summed E-state index contributed by atoms with van der Waals surface area (Å²) < 4.78 is 6.13. The molecule has 0 saturated carbocycles. The summed E-state index contributed by atoms with van der Waals surface area (Å²) in [6.45, 7) is 10.2. The Morgan fingerprint density at radius 1 is 1.08 bits per heavy atom. The Morgan fingerprint density at radius 2 is 1.92 bits per heavy atom. The molecule has 1 aliphatic carbocycles. The van der Waals surface area contributed by atoms with E-state index >= 15 is 0 Å². The van der Waals surface area contributed by atoms with E-state index in [0.717, 1.165) is 65.1 Å². The van der Waals surface area contributed by atoms with Crippen molar-refractivity contribution in [3.05, 3.63) is 40.7 Å². The minimum absolute atomic E-state index is 0.787. The van der Waals surface area contributed by atoms with Gasteiger partial charge in [0.15, 0.2) is 11.3 Å². The lowest BCUT2D eigenvalue weighted by Crippen LogP contribution is -2.09. The van der Waals surface area contributed by atoms with Crippen molar-refractivity contribution in [2.24, 2.45) is 4.99 Å². The average molecular weight is 323 g/mol. The second-order valence-corrected chi connectivity index (χ2v) is 6.22. The second-order valence-electron chi connectivity index (χ2n) is 6.22. The maximum atomic E-state index is 6.13. The van der Waals surface area contributed by atoms with Gasteiger partial charge in [0.1, 0.15) is 11.2 Å². The molecule has 0 amide bonds. The SMILES string of the molecule is CCCCN=c1cc2oc3cc(NCC)c(C)cc3nc-2cc1C. The maximum Gasteiger partial charge on any atom is 0.155 e. The van der Waals surface area contributed by atoms with E-state index in [2.05, 4.69) is 50.1 Å². The molecule has 0 aromatic heterocycles. The minimum atomic E-state index is 0.787. The average Bonchev–Trinajstić information content (AvgIpc) is 2.55. The van der Waals surface area contributed by atoms with Gasteiger partial charge in [-0.3, -0.25) is 4.99 Å². The van der Waals surface area contributed by atoms with Gasteiger partial charge in [-0.15, -0.1) is 0 Å². The highest BCUT2D eigenvalue weighted by molar-refractivity contribution is 5.81. The van der Waals surface area contributed by atoms with E-state index in [1.807, 2.05) is 12.1 Å². The second kappa shape index (κ2) is 7.04. The summed E-state index contributed by atoms with van der Waals surface area (Å²) >= 11 is 0. The summed E-state index contributed by atoms with van der Waals surface area (Å²) in [5.41, 5.74) is 5.97. The summed E-state index contributed by atoms with van der Waals surface area (Å²) in [6.07, 6.45) is 2.26. The number of fused-ring (bicyclic) bond motifs is 2. The van der Waals surface area contributed by atoms with Gasteiger partial charge in [0.2, 0.25) is 0 Å². The predicted octanol–water partition coefficient (Wildman–Crippen LogP) is 4.68. The first-order valence-electron chi connectivity index (χ1n) is 8.72. The van der Waals surface area contributed by atoms with Gasteiger partial charge in [0.25, 0.3) is 0 Å². The number of aryl methyl sites for hydroxylation is 2. The molecule has 1 N–H and O–H groups in total. The van der Waals surface area contributed by atoms with E-state index in [9.17, 15) is 0 Å². The van der Waals surface area contributed by atoms with Gasteiger partial charge in [-0.2, -0.15) is 0 Å². The summed E-state index contributed by atoms with van der Waals surface area (Å²) in [5, 5.41) is 4.36. The Hall–Kier alpha value is -2.36. The van der Waals surface area contributed by atoms with E-state index in [1.54, 1.807) is 0 Å². The molecule has 0 bridgehead atoms. The van der Waals surface area contributed by atoms with E-state index in [1.165, 1.54) is 5.56 Å². The Kier molecular flexibility index (Phi) is 4.84. The van der Waals surface area contributed by atoms with Crippen LogP contribution >= 0.6 is 0 Å². The van der Waals surface area contributed by atoms with Gasteiger partial charge < -0.3 is 9.73 Å². The molecule has 0 spiro atoms. The zero-order valence-corrected chi connectivity index (χ0v) is 14.9. The summed E-state index contributed by atoms with van der Waals surface area (Å²) in [7, 11) is 0. The Morgan fingerprint density at radius 3 is 2.67 bits per heavy atom. The van der Waals surface area contributed by atoms with Gasteiger partial charge in [0.05, 0.1) is 5.36 Å². The van der Waals surface area contributed by atoms with Crippen molar-refractivity contribution in [2.45, 2.75) is 40.5 Å². The number of nitrogens with one attached hydrogen (secondary N) is 1. The fourth-order valence-corrected chi connectivity index (χ4v) is 2.83. The van der Waals surface area contributed by atoms with Gasteiger partial charge in [-0.1, -0.05) is 13.3 Å². The van der Waals surface area contributed by atoms with Crippen LogP contribution in [0.1, 0.15) is 37.8 Å². The zero-order chi connectivity index (χ0) is 17.1. The van der Waals surface area contributed by atoms with Crippen LogP contribution in [0.5, 0.6) is 0 Å². The van der Waals surface area contributed by atoms with E-state index in [-0.39, 0.29) is 0 Å². The van der Waals surface area contributed by atoms with Crippen LogP contribution in [-0.4, -0.2) is 18.1 Å². The van der Waals surface area contributed by atoms with E-state index < -0.39 is 0 Å². The molecule has 1 aromatic rings. The molecule has 1 heterocycles. The van der Waals surface area contributed by atoms with E-state index in [0.29, 0.717) is 0 Å². The number of hydrogen-bond donors (Lipinski definition) is 1. The van der Waals surface area contributed by atoms with Crippen molar-refractivity contribution >= 4 is 16.8 Å². The summed E-state index contributed by atoms with van der Waals surface area (Å²) in [6, 6.07) is 8.19. The van der Waals surface area contributed by atoms with Crippen LogP contribution in [0.15, 0.2) is 33.7 Å². The smallest absolute Gasteiger partial charge is 0.155 e. The minimum Gasteiger partial charge on any atom is -0.453 e. The third kappa shape index (κ3) is 3.28. The molecular formula is C20H25N3O. The van der Waals surface area contributed by atoms with Gasteiger partial charge in [-0.05, 0) is 50.5 Å². The highest BCUT2D eigenvalue weighted by Gasteiger charge is 2.12. The zero-order valence-electron chi connectivity index (χ0n) is 14.9. The number of aromatic nitrogens is 1. The van der Waals surface area contributed by atoms with Crippen LogP contribution < -0.4 is 10.7 Å². The quantitative estimate of drug-likeness (QED) is 0.548. The molecule has 4 nitrogen and oxygen atoms in total. The predicted molar refractivity (Wildman–Crippen MR) is 99.6 cm³/mol. The lowest BCUT2D eigenvalue weighted by atomic mass is 10.1. The van der Waals surface area contributed by atoms with Gasteiger partial charge >= 0.3 is 0 Å². The van der Waals surface area contributed by atoms with Crippen LogP contribution in [0.4, 0.5) is 5.69 Å². The number of rotatable bonds is 5. The lowest BCUT2D eigenvalue weighted by Gasteiger charge is -2.11. The van der Waals surface area contributed by atoms with Crippen molar-refractivity contribution in [3.63, 3.8) is 0 Å². The molecule has 24 heavy (non-hydrogen) atoms. The molecule has 1 aliphatic heterocycles. The van der Waals surface area contributed by atoms with Gasteiger partial charge in [-0.25, -0.2) is 4.98 Å². The Balaban J connectivity index is 2.15. The van der Waals surface area contributed by atoms with Crippen LogP contribution in [-0.2, 0) is 0 Å². The fraction of sp³-hybridized carbons (Fsp3) is 0.400. The normalized spacial score (nSPS) is 12.2. The van der Waals surface area contributed by atoms with Gasteiger partial charge in [0, 0.05) is 30.9 Å². The highest BCUT2D eigenvalue weighted by Crippen LogP contribution is 2.28. The largest absolute Gasteiger partial charge is 0.453 e. The molecule has 1 aromatic carbocycles. The lowest BCUT2D eigenvalue weighted by molar-refractivity contribution is 0.611. The molecule has 2 aliphatic rings. The maximum absolute atomic E-state index is 6.13. The molecule has 0 unspecified atom stereocenters. The Labute approximate surface area is 143 Å². The topological polar surface area (TPSA) is 50.4 Å². The van der Waals surface area contributed by atoms with Crippen molar-refractivity contribution in [1.82, 2.24) is 4.98 Å².